The molecule has 16 heavy (non-hydrogen) atoms. The molecule has 4 heteroatoms. The van der Waals surface area contributed by atoms with Gasteiger partial charge < -0.3 is 4.74 Å². The Kier molecular flexibility index (Phi) is 4.68. The van der Waals surface area contributed by atoms with E-state index in [1.54, 1.807) is 0 Å². The van der Waals surface area contributed by atoms with Gasteiger partial charge in [0, 0.05) is 4.47 Å². The first-order valence-corrected chi connectivity index (χ1v) is 5.66. The summed E-state index contributed by atoms with van der Waals surface area (Å²) in [7, 11) is 1.29. The minimum Gasteiger partial charge on any atom is -0.468 e. The van der Waals surface area contributed by atoms with Crippen molar-refractivity contribution < 1.29 is 14.3 Å². The number of rotatable bonds is 4. The fraction of sp³-hybridized carbons (Fsp3) is 0.333. The third kappa shape index (κ3) is 3.45. The maximum absolute atomic E-state index is 11.4. The zero-order chi connectivity index (χ0) is 12.1. The van der Waals surface area contributed by atoms with Crippen molar-refractivity contribution in [2.45, 2.75) is 13.3 Å². The maximum Gasteiger partial charge on any atom is 0.316 e. The van der Waals surface area contributed by atoms with Crippen molar-refractivity contribution in [2.24, 2.45) is 5.92 Å². The summed E-state index contributed by atoms with van der Waals surface area (Å²) in [5.41, 5.74) is 0.931. The molecule has 0 aliphatic heterocycles. The lowest BCUT2D eigenvalue weighted by molar-refractivity contribution is -0.148. The Hall–Kier alpha value is -1.16. The van der Waals surface area contributed by atoms with E-state index in [1.807, 2.05) is 24.3 Å². The van der Waals surface area contributed by atoms with Crippen LogP contribution >= 0.6 is 15.9 Å². The first kappa shape index (κ1) is 12.9. The predicted octanol–water partition coefficient (Wildman–Crippen LogP) is 2.37. The lowest BCUT2D eigenvalue weighted by Crippen LogP contribution is -2.25. The van der Waals surface area contributed by atoms with Gasteiger partial charge in [0.15, 0.2) is 0 Å². The van der Waals surface area contributed by atoms with Gasteiger partial charge >= 0.3 is 5.97 Å². The molecule has 0 radical (unpaired) electrons. The van der Waals surface area contributed by atoms with Gasteiger partial charge in [-0.25, -0.2) is 0 Å². The monoisotopic (exact) mass is 284 g/mol. The van der Waals surface area contributed by atoms with E-state index in [0.717, 1.165) is 10.0 Å². The van der Waals surface area contributed by atoms with Crippen LogP contribution in [0.25, 0.3) is 0 Å². The molecular weight excluding hydrogens is 272 g/mol. The number of hydrogen-bond donors (Lipinski definition) is 0. The van der Waals surface area contributed by atoms with Crippen molar-refractivity contribution in [1.29, 1.82) is 0 Å². The summed E-state index contributed by atoms with van der Waals surface area (Å²) in [6.07, 6.45) is 0.376. The van der Waals surface area contributed by atoms with Gasteiger partial charge in [0.2, 0.25) is 0 Å². The molecule has 0 aliphatic rings. The molecule has 3 nitrogen and oxygen atoms in total. The lowest BCUT2D eigenvalue weighted by atomic mass is 9.96. The Bertz CT molecular complexity index is 401. The molecule has 0 aliphatic carbocycles. The molecule has 0 saturated heterocycles. The van der Waals surface area contributed by atoms with Gasteiger partial charge in [-0.15, -0.1) is 0 Å². The van der Waals surface area contributed by atoms with Gasteiger partial charge in [0.05, 0.1) is 7.11 Å². The van der Waals surface area contributed by atoms with Gasteiger partial charge in [0.1, 0.15) is 11.7 Å². The van der Waals surface area contributed by atoms with Gasteiger partial charge in [-0.2, -0.15) is 0 Å². The minimum atomic E-state index is -0.709. The fourth-order valence-electron chi connectivity index (χ4n) is 1.43. The van der Waals surface area contributed by atoms with E-state index in [0.29, 0.717) is 6.42 Å². The third-order valence-corrected chi connectivity index (χ3v) is 2.80. The Labute approximate surface area is 103 Å². The standard InChI is InChI=1S/C12H13BrO3/c1-8(14)11(12(15)16-2)7-9-4-3-5-10(13)6-9/h3-6,11H,7H2,1-2H3/t11-/m0/s1. The topological polar surface area (TPSA) is 43.4 Å². The molecule has 0 fully saturated rings. The van der Waals surface area contributed by atoms with Crippen molar-refractivity contribution >= 4 is 27.7 Å². The molecule has 0 aromatic heterocycles. The number of ketones is 1. The minimum absolute atomic E-state index is 0.174. The predicted molar refractivity (Wildman–Crippen MR) is 64.0 cm³/mol. The number of hydrogen-bond acceptors (Lipinski definition) is 3. The second-order valence-corrected chi connectivity index (χ2v) is 4.44. The van der Waals surface area contributed by atoms with Crippen LogP contribution < -0.4 is 0 Å². The number of ether oxygens (including phenoxy) is 1. The number of benzene rings is 1. The molecule has 0 unspecified atom stereocenters. The van der Waals surface area contributed by atoms with Crippen molar-refractivity contribution in [3.8, 4) is 0 Å². The summed E-state index contributed by atoms with van der Waals surface area (Å²) in [6.45, 7) is 1.40. The van der Waals surface area contributed by atoms with Gasteiger partial charge in [-0.3, -0.25) is 9.59 Å². The molecule has 0 amide bonds. The summed E-state index contributed by atoms with van der Waals surface area (Å²) in [5.74, 6) is -1.36. The molecule has 0 N–H and O–H groups in total. The highest BCUT2D eigenvalue weighted by Gasteiger charge is 2.24. The van der Waals surface area contributed by atoms with E-state index < -0.39 is 11.9 Å². The number of methoxy groups -OCH3 is 1. The normalized spacial score (nSPS) is 11.9. The molecule has 0 spiro atoms. The number of carbonyl (C=O) groups excluding carboxylic acids is 2. The summed E-state index contributed by atoms with van der Waals surface area (Å²) >= 11 is 3.34. The Morgan fingerprint density at radius 3 is 2.62 bits per heavy atom. The van der Waals surface area contributed by atoms with Crippen LogP contribution in [0.1, 0.15) is 12.5 Å². The molecular formula is C12H13BrO3. The third-order valence-electron chi connectivity index (χ3n) is 2.31. The van der Waals surface area contributed by atoms with Crippen molar-refractivity contribution in [3.63, 3.8) is 0 Å². The van der Waals surface area contributed by atoms with Crippen LogP contribution in [0, 0.1) is 5.92 Å². The van der Waals surface area contributed by atoms with Crippen LogP contribution in [0.15, 0.2) is 28.7 Å². The van der Waals surface area contributed by atoms with Crippen molar-refractivity contribution in [3.05, 3.63) is 34.3 Å². The quantitative estimate of drug-likeness (QED) is 0.630. The summed E-state index contributed by atoms with van der Waals surface area (Å²) in [6, 6.07) is 7.53. The number of Topliss-reactive ketones (excluding diaryl/α,β-unsaturated/α-hetero) is 1. The molecule has 0 saturated carbocycles. The zero-order valence-corrected chi connectivity index (χ0v) is 10.8. The summed E-state index contributed by atoms with van der Waals surface area (Å²) < 4.78 is 5.53. The first-order chi connectivity index (χ1) is 7.54. The molecule has 0 bridgehead atoms. The second kappa shape index (κ2) is 5.80. The van der Waals surface area contributed by atoms with Crippen molar-refractivity contribution in [1.82, 2.24) is 0 Å². The largest absolute Gasteiger partial charge is 0.468 e. The van der Waals surface area contributed by atoms with Crippen LogP contribution in [0.3, 0.4) is 0 Å². The highest BCUT2D eigenvalue weighted by molar-refractivity contribution is 9.10. The van der Waals surface area contributed by atoms with Crippen LogP contribution in [0.4, 0.5) is 0 Å². The zero-order valence-electron chi connectivity index (χ0n) is 9.20. The SMILES string of the molecule is COC(=O)[C@@H](Cc1cccc(Br)c1)C(C)=O. The molecule has 86 valence electrons. The summed E-state index contributed by atoms with van der Waals surface area (Å²) in [4.78, 5) is 22.7. The molecule has 0 heterocycles. The first-order valence-electron chi connectivity index (χ1n) is 4.87. The van der Waals surface area contributed by atoms with Gasteiger partial charge in [-0.1, -0.05) is 28.1 Å². The van der Waals surface area contributed by atoms with Crippen LogP contribution in [-0.2, 0) is 20.7 Å². The van der Waals surface area contributed by atoms with Crippen LogP contribution in [0.5, 0.6) is 0 Å². The van der Waals surface area contributed by atoms with Crippen LogP contribution in [0.2, 0.25) is 0 Å². The molecule has 1 rings (SSSR count). The lowest BCUT2D eigenvalue weighted by Gasteiger charge is -2.11. The Morgan fingerprint density at radius 1 is 1.44 bits per heavy atom. The number of halogens is 1. The van der Waals surface area contributed by atoms with E-state index in [2.05, 4.69) is 20.7 Å². The maximum atomic E-state index is 11.4. The molecule has 1 aromatic carbocycles. The van der Waals surface area contributed by atoms with Gasteiger partial charge in [0.25, 0.3) is 0 Å². The van der Waals surface area contributed by atoms with E-state index in [1.165, 1.54) is 14.0 Å². The van der Waals surface area contributed by atoms with Crippen LogP contribution in [-0.4, -0.2) is 18.9 Å². The summed E-state index contributed by atoms with van der Waals surface area (Å²) in [5, 5.41) is 0. The number of carbonyl (C=O) groups is 2. The smallest absolute Gasteiger partial charge is 0.316 e. The number of esters is 1. The van der Waals surface area contributed by atoms with E-state index in [-0.39, 0.29) is 5.78 Å². The fourth-order valence-corrected chi connectivity index (χ4v) is 1.88. The second-order valence-electron chi connectivity index (χ2n) is 3.52. The highest BCUT2D eigenvalue weighted by atomic mass is 79.9. The Morgan fingerprint density at radius 2 is 2.12 bits per heavy atom. The molecule has 1 aromatic rings. The van der Waals surface area contributed by atoms with E-state index in [9.17, 15) is 9.59 Å². The highest BCUT2D eigenvalue weighted by Crippen LogP contribution is 2.16. The Balaban J connectivity index is 2.84. The average Bonchev–Trinajstić information content (AvgIpc) is 2.24. The van der Waals surface area contributed by atoms with E-state index >= 15 is 0 Å². The van der Waals surface area contributed by atoms with Gasteiger partial charge in [-0.05, 0) is 31.0 Å². The molecule has 1 atom stereocenters. The van der Waals surface area contributed by atoms with Crippen molar-refractivity contribution in [2.75, 3.05) is 7.11 Å². The van der Waals surface area contributed by atoms with E-state index in [4.69, 9.17) is 0 Å². The average molecular weight is 285 g/mol.